The fourth-order valence-corrected chi connectivity index (χ4v) is 1.95. The number of nitrogens with one attached hydrogen (secondary N) is 1. The Balaban J connectivity index is 2.84. The number of likely N-dealkylation sites (N-methyl/N-ethyl adjacent to an activating group) is 1. The van der Waals surface area contributed by atoms with Crippen molar-refractivity contribution in [3.63, 3.8) is 0 Å². The Kier molecular flexibility index (Phi) is 5.38. The van der Waals surface area contributed by atoms with Crippen LogP contribution in [-0.2, 0) is 4.74 Å². The van der Waals surface area contributed by atoms with Gasteiger partial charge >= 0.3 is 5.97 Å². The van der Waals surface area contributed by atoms with Crippen LogP contribution >= 0.6 is 27.5 Å². The first-order valence-corrected chi connectivity index (χ1v) is 6.67. The van der Waals surface area contributed by atoms with E-state index < -0.39 is 11.5 Å². The molecule has 18 heavy (non-hydrogen) atoms. The van der Waals surface area contributed by atoms with Crippen molar-refractivity contribution in [1.29, 1.82) is 0 Å². The molecule has 1 aromatic rings. The fraction of sp³-hybridized carbons (Fsp3) is 0.308. The van der Waals surface area contributed by atoms with Crippen LogP contribution in [0, 0.1) is 0 Å². The third kappa shape index (κ3) is 3.83. The average Bonchev–Trinajstić information content (AvgIpc) is 2.36. The van der Waals surface area contributed by atoms with Crippen LogP contribution in [0.5, 0.6) is 0 Å². The molecule has 0 saturated carbocycles. The standard InChI is InChI=1S/C13H15BrClNO2/c1-13(2,16-3)11(8-14)18-12(17)9-4-6-10(15)7-5-9/h4-8,16H,1-3H3. The summed E-state index contributed by atoms with van der Waals surface area (Å²) < 4.78 is 5.35. The molecular formula is C13H15BrClNO2. The van der Waals surface area contributed by atoms with Crippen molar-refractivity contribution < 1.29 is 9.53 Å². The van der Waals surface area contributed by atoms with E-state index in [2.05, 4.69) is 21.2 Å². The third-order valence-electron chi connectivity index (χ3n) is 2.62. The Morgan fingerprint density at radius 1 is 1.39 bits per heavy atom. The summed E-state index contributed by atoms with van der Waals surface area (Å²) in [4.78, 5) is 13.5. The summed E-state index contributed by atoms with van der Waals surface area (Å²) in [5.74, 6) is 0.0886. The number of rotatable bonds is 4. The van der Waals surface area contributed by atoms with Gasteiger partial charge in [-0.15, -0.1) is 0 Å². The number of hydrogen-bond acceptors (Lipinski definition) is 3. The molecule has 3 nitrogen and oxygen atoms in total. The van der Waals surface area contributed by atoms with E-state index in [9.17, 15) is 4.79 Å². The SMILES string of the molecule is CNC(C)(C)C(=CBr)OC(=O)c1ccc(Cl)cc1. The van der Waals surface area contributed by atoms with Crippen molar-refractivity contribution >= 4 is 33.5 Å². The smallest absolute Gasteiger partial charge is 0.343 e. The number of carbonyl (C=O) groups excluding carboxylic acids is 1. The molecule has 98 valence electrons. The van der Waals surface area contributed by atoms with Crippen molar-refractivity contribution in [2.24, 2.45) is 0 Å². The number of benzene rings is 1. The fourth-order valence-electron chi connectivity index (χ4n) is 1.15. The van der Waals surface area contributed by atoms with Gasteiger partial charge in [-0.1, -0.05) is 27.5 Å². The van der Waals surface area contributed by atoms with Gasteiger partial charge in [-0.3, -0.25) is 0 Å². The molecule has 0 fully saturated rings. The van der Waals surface area contributed by atoms with Crippen LogP contribution in [0.1, 0.15) is 24.2 Å². The van der Waals surface area contributed by atoms with E-state index in [0.717, 1.165) is 0 Å². The Hall–Kier alpha value is -0.840. The van der Waals surface area contributed by atoms with E-state index in [1.165, 1.54) is 0 Å². The maximum atomic E-state index is 11.9. The molecule has 0 spiro atoms. The highest BCUT2D eigenvalue weighted by Crippen LogP contribution is 2.20. The van der Waals surface area contributed by atoms with E-state index in [1.54, 1.807) is 36.3 Å². The first-order valence-electron chi connectivity index (χ1n) is 5.38. The number of hydrogen-bond donors (Lipinski definition) is 1. The van der Waals surface area contributed by atoms with E-state index in [0.29, 0.717) is 16.3 Å². The van der Waals surface area contributed by atoms with Gasteiger partial charge in [-0.05, 0) is 45.2 Å². The van der Waals surface area contributed by atoms with Gasteiger partial charge in [-0.2, -0.15) is 0 Å². The summed E-state index contributed by atoms with van der Waals surface area (Å²) in [6, 6.07) is 6.56. The van der Waals surface area contributed by atoms with E-state index in [1.807, 2.05) is 13.8 Å². The molecule has 0 aliphatic rings. The van der Waals surface area contributed by atoms with Gasteiger partial charge in [0, 0.05) is 10.0 Å². The zero-order valence-corrected chi connectivity index (χ0v) is 12.8. The molecule has 0 unspecified atom stereocenters. The second-order valence-corrected chi connectivity index (χ2v) is 5.14. The molecule has 0 saturated heterocycles. The molecule has 0 aromatic heterocycles. The Morgan fingerprint density at radius 3 is 2.39 bits per heavy atom. The Labute approximate surface area is 120 Å². The van der Waals surface area contributed by atoms with Crippen molar-refractivity contribution in [3.05, 3.63) is 45.6 Å². The van der Waals surface area contributed by atoms with Gasteiger partial charge in [0.1, 0.15) is 5.76 Å². The second-order valence-electron chi connectivity index (χ2n) is 4.24. The zero-order chi connectivity index (χ0) is 13.8. The molecule has 0 atom stereocenters. The van der Waals surface area contributed by atoms with Crippen molar-refractivity contribution in [3.8, 4) is 0 Å². The summed E-state index contributed by atoms with van der Waals surface area (Å²) in [6.45, 7) is 3.82. The molecule has 0 heterocycles. The van der Waals surface area contributed by atoms with Crippen LogP contribution in [0.15, 0.2) is 35.0 Å². The molecule has 0 aliphatic heterocycles. The normalized spacial score (nSPS) is 12.4. The molecule has 0 amide bonds. The zero-order valence-electron chi connectivity index (χ0n) is 10.5. The molecule has 1 N–H and O–H groups in total. The molecule has 5 heteroatoms. The number of esters is 1. The van der Waals surface area contributed by atoms with Gasteiger partial charge in [0.05, 0.1) is 11.1 Å². The number of carbonyl (C=O) groups is 1. The highest BCUT2D eigenvalue weighted by atomic mass is 79.9. The molecule has 0 radical (unpaired) electrons. The molecule has 0 bridgehead atoms. The monoisotopic (exact) mass is 331 g/mol. The first-order chi connectivity index (χ1) is 8.40. The van der Waals surface area contributed by atoms with Gasteiger partial charge < -0.3 is 10.1 Å². The van der Waals surface area contributed by atoms with Gasteiger partial charge in [0.2, 0.25) is 0 Å². The minimum absolute atomic E-state index is 0.416. The van der Waals surface area contributed by atoms with Crippen LogP contribution in [0.3, 0.4) is 0 Å². The molecule has 1 rings (SSSR count). The molecule has 0 aliphatic carbocycles. The van der Waals surface area contributed by atoms with E-state index in [4.69, 9.17) is 16.3 Å². The van der Waals surface area contributed by atoms with E-state index >= 15 is 0 Å². The highest BCUT2D eigenvalue weighted by Gasteiger charge is 2.25. The summed E-state index contributed by atoms with van der Waals surface area (Å²) in [5, 5.41) is 3.64. The van der Waals surface area contributed by atoms with Crippen LogP contribution < -0.4 is 5.32 Å². The van der Waals surface area contributed by atoms with Gasteiger partial charge in [0.25, 0.3) is 0 Å². The Morgan fingerprint density at radius 2 is 1.94 bits per heavy atom. The number of halogens is 2. The lowest BCUT2D eigenvalue weighted by molar-refractivity contribution is 0.0575. The number of ether oxygens (including phenoxy) is 1. The molecule has 1 aromatic carbocycles. The van der Waals surface area contributed by atoms with Crippen LogP contribution in [0.25, 0.3) is 0 Å². The summed E-state index contributed by atoms with van der Waals surface area (Å²) >= 11 is 8.97. The average molecular weight is 333 g/mol. The second kappa shape index (κ2) is 6.36. The Bertz CT molecular complexity index is 455. The van der Waals surface area contributed by atoms with Crippen LogP contribution in [0.2, 0.25) is 5.02 Å². The molecular weight excluding hydrogens is 318 g/mol. The predicted molar refractivity (Wildman–Crippen MR) is 77.0 cm³/mol. The summed E-state index contributed by atoms with van der Waals surface area (Å²) in [7, 11) is 1.80. The van der Waals surface area contributed by atoms with Crippen molar-refractivity contribution in [2.75, 3.05) is 7.05 Å². The van der Waals surface area contributed by atoms with Crippen LogP contribution in [-0.4, -0.2) is 18.6 Å². The topological polar surface area (TPSA) is 38.3 Å². The van der Waals surface area contributed by atoms with Gasteiger partial charge in [-0.25, -0.2) is 4.79 Å². The highest BCUT2D eigenvalue weighted by molar-refractivity contribution is 9.11. The quantitative estimate of drug-likeness (QED) is 0.674. The first kappa shape index (κ1) is 15.2. The summed E-state index contributed by atoms with van der Waals surface area (Å²) in [6.07, 6.45) is 0. The maximum Gasteiger partial charge on any atom is 0.343 e. The lowest BCUT2D eigenvalue weighted by Gasteiger charge is -2.26. The predicted octanol–water partition coefficient (Wildman–Crippen LogP) is 3.73. The lowest BCUT2D eigenvalue weighted by atomic mass is 10.0. The maximum absolute atomic E-state index is 11.9. The summed E-state index contributed by atoms with van der Waals surface area (Å²) in [5.41, 5.74) is 0.0177. The largest absolute Gasteiger partial charge is 0.425 e. The lowest BCUT2D eigenvalue weighted by Crippen LogP contribution is -2.39. The van der Waals surface area contributed by atoms with Crippen molar-refractivity contribution in [2.45, 2.75) is 19.4 Å². The van der Waals surface area contributed by atoms with Crippen LogP contribution in [0.4, 0.5) is 0 Å². The van der Waals surface area contributed by atoms with E-state index in [-0.39, 0.29) is 0 Å². The van der Waals surface area contributed by atoms with Crippen molar-refractivity contribution in [1.82, 2.24) is 5.32 Å². The minimum Gasteiger partial charge on any atom is -0.425 e. The van der Waals surface area contributed by atoms with Gasteiger partial charge in [0.15, 0.2) is 0 Å². The third-order valence-corrected chi connectivity index (χ3v) is 3.29. The minimum atomic E-state index is -0.439.